The maximum Gasteiger partial charge on any atom is 0.321 e. The summed E-state index contributed by atoms with van der Waals surface area (Å²) < 4.78 is 4.92. The third-order valence-corrected chi connectivity index (χ3v) is 1.97. The lowest BCUT2D eigenvalue weighted by Gasteiger charge is -2.26. The van der Waals surface area contributed by atoms with E-state index < -0.39 is 0 Å². The predicted octanol–water partition coefficient (Wildman–Crippen LogP) is -0.289. The Kier molecular flexibility index (Phi) is 4.55. The van der Waals surface area contributed by atoms with E-state index in [1.165, 1.54) is 0 Å². The summed E-state index contributed by atoms with van der Waals surface area (Å²) >= 11 is 3.98. The van der Waals surface area contributed by atoms with Crippen molar-refractivity contribution in [3.63, 3.8) is 0 Å². The average molecular weight is 204 g/mol. The number of thiol groups is 1. The molecule has 13 heavy (non-hydrogen) atoms. The van der Waals surface area contributed by atoms with E-state index in [9.17, 15) is 4.79 Å². The van der Waals surface area contributed by atoms with Gasteiger partial charge in [-0.2, -0.15) is 0 Å². The van der Waals surface area contributed by atoms with E-state index in [2.05, 4.69) is 22.8 Å². The Hall–Kier alpha value is -0.260. The summed E-state index contributed by atoms with van der Waals surface area (Å²) in [4.78, 5) is 13.3. The highest BCUT2D eigenvalue weighted by atomic mass is 32.1. The van der Waals surface area contributed by atoms with E-state index in [0.717, 1.165) is 26.2 Å². The number of piperazine rings is 1. The van der Waals surface area contributed by atoms with E-state index in [1.807, 2.05) is 0 Å². The summed E-state index contributed by atoms with van der Waals surface area (Å²) in [6.45, 7) is 5.84. The number of nitrogens with zero attached hydrogens (tertiary/aromatic N) is 1. The number of carbonyl (C=O) groups excluding carboxylic acids is 1. The zero-order valence-corrected chi connectivity index (χ0v) is 8.72. The van der Waals surface area contributed by atoms with Crippen molar-refractivity contribution in [1.29, 1.82) is 0 Å². The van der Waals surface area contributed by atoms with Gasteiger partial charge in [-0.25, -0.2) is 0 Å². The molecule has 0 radical (unpaired) electrons. The minimum Gasteiger partial charge on any atom is -0.451 e. The molecule has 1 atom stereocenters. The van der Waals surface area contributed by atoms with Gasteiger partial charge in [-0.15, -0.1) is 12.6 Å². The molecule has 1 aliphatic rings. The van der Waals surface area contributed by atoms with Gasteiger partial charge in [-0.3, -0.25) is 9.69 Å². The molecule has 0 aromatic rings. The average Bonchev–Trinajstić information content (AvgIpc) is 2.04. The molecule has 1 rings (SSSR count). The van der Waals surface area contributed by atoms with Crippen LogP contribution in [0, 0.1) is 0 Å². The summed E-state index contributed by atoms with van der Waals surface area (Å²) in [5, 5.41) is 3.22. The fraction of sp³-hybridized carbons (Fsp3) is 0.875. The lowest BCUT2D eigenvalue weighted by atomic mass is 10.3. The molecule has 1 heterocycles. The van der Waals surface area contributed by atoms with Gasteiger partial charge < -0.3 is 10.1 Å². The van der Waals surface area contributed by atoms with Crippen molar-refractivity contribution in [2.45, 2.75) is 12.4 Å². The molecule has 4 nitrogen and oxygen atoms in total. The van der Waals surface area contributed by atoms with Crippen LogP contribution < -0.4 is 5.32 Å². The first-order valence-electron chi connectivity index (χ1n) is 4.49. The number of carbonyl (C=O) groups is 1. The smallest absolute Gasteiger partial charge is 0.321 e. The number of esters is 1. The van der Waals surface area contributed by atoms with Crippen LogP contribution in [0.15, 0.2) is 0 Å². The van der Waals surface area contributed by atoms with Crippen LogP contribution in [0.3, 0.4) is 0 Å². The van der Waals surface area contributed by atoms with Crippen LogP contribution in [0.2, 0.25) is 0 Å². The maximum atomic E-state index is 11.2. The molecule has 0 spiro atoms. The topological polar surface area (TPSA) is 41.6 Å². The molecule has 1 aliphatic heterocycles. The van der Waals surface area contributed by atoms with E-state index in [-0.39, 0.29) is 11.4 Å². The van der Waals surface area contributed by atoms with Gasteiger partial charge in [0.2, 0.25) is 0 Å². The Morgan fingerprint density at radius 2 is 2.23 bits per heavy atom. The SMILES string of the molecule is CC(S)OC(=O)CN1CCNCC1. The Balaban J connectivity index is 2.18. The molecule has 5 heteroatoms. The van der Waals surface area contributed by atoms with Gasteiger partial charge in [-0.05, 0) is 6.92 Å². The van der Waals surface area contributed by atoms with Gasteiger partial charge in [0.25, 0.3) is 0 Å². The van der Waals surface area contributed by atoms with Crippen molar-refractivity contribution in [3.8, 4) is 0 Å². The summed E-state index contributed by atoms with van der Waals surface area (Å²) in [6.07, 6.45) is 0. The second kappa shape index (κ2) is 5.47. The van der Waals surface area contributed by atoms with Gasteiger partial charge in [0.1, 0.15) is 5.44 Å². The standard InChI is InChI=1S/C8H16N2O2S/c1-7(13)12-8(11)6-10-4-2-9-3-5-10/h7,9,13H,2-6H2,1H3. The summed E-state index contributed by atoms with van der Waals surface area (Å²) in [5.41, 5.74) is -0.310. The molecule has 0 bridgehead atoms. The minimum atomic E-state index is -0.310. The van der Waals surface area contributed by atoms with Gasteiger partial charge in [0, 0.05) is 26.2 Å². The first-order valence-corrected chi connectivity index (χ1v) is 5.01. The predicted molar refractivity (Wildman–Crippen MR) is 53.8 cm³/mol. The number of hydrogen-bond donors (Lipinski definition) is 2. The third-order valence-electron chi connectivity index (χ3n) is 1.86. The summed E-state index contributed by atoms with van der Waals surface area (Å²) in [6, 6.07) is 0. The molecule has 0 aliphatic carbocycles. The fourth-order valence-electron chi connectivity index (χ4n) is 1.28. The molecule has 1 unspecified atom stereocenters. The molecule has 1 saturated heterocycles. The highest BCUT2D eigenvalue weighted by Crippen LogP contribution is 1.98. The Bertz CT molecular complexity index is 170. The van der Waals surface area contributed by atoms with Crippen molar-refractivity contribution in [2.24, 2.45) is 0 Å². The van der Waals surface area contributed by atoms with Crippen molar-refractivity contribution in [2.75, 3.05) is 32.7 Å². The van der Waals surface area contributed by atoms with Crippen LogP contribution in [0.4, 0.5) is 0 Å². The Labute approximate surface area is 84.0 Å². The van der Waals surface area contributed by atoms with Crippen LogP contribution in [0.25, 0.3) is 0 Å². The van der Waals surface area contributed by atoms with Gasteiger partial charge >= 0.3 is 5.97 Å². The number of hydrogen-bond acceptors (Lipinski definition) is 5. The molecule has 0 amide bonds. The molecule has 1 N–H and O–H groups in total. The molecule has 1 fully saturated rings. The van der Waals surface area contributed by atoms with Crippen LogP contribution >= 0.6 is 12.6 Å². The quantitative estimate of drug-likeness (QED) is 0.377. The third kappa shape index (κ3) is 4.50. The van der Waals surface area contributed by atoms with E-state index in [1.54, 1.807) is 6.92 Å². The van der Waals surface area contributed by atoms with Crippen LogP contribution in [-0.2, 0) is 9.53 Å². The molecule has 0 aromatic heterocycles. The Morgan fingerprint density at radius 1 is 1.62 bits per heavy atom. The van der Waals surface area contributed by atoms with Gasteiger partial charge in [0.15, 0.2) is 0 Å². The second-order valence-electron chi connectivity index (χ2n) is 3.12. The lowest BCUT2D eigenvalue weighted by Crippen LogP contribution is -2.45. The molecule has 76 valence electrons. The van der Waals surface area contributed by atoms with Crippen LogP contribution in [-0.4, -0.2) is 49.0 Å². The molecular formula is C8H16N2O2S. The number of nitrogens with one attached hydrogen (secondary N) is 1. The summed E-state index contributed by atoms with van der Waals surface area (Å²) in [5.74, 6) is -0.190. The largest absolute Gasteiger partial charge is 0.451 e. The molecular weight excluding hydrogens is 188 g/mol. The van der Waals surface area contributed by atoms with Crippen molar-refractivity contribution in [3.05, 3.63) is 0 Å². The summed E-state index contributed by atoms with van der Waals surface area (Å²) in [7, 11) is 0. The van der Waals surface area contributed by atoms with Crippen LogP contribution in [0.1, 0.15) is 6.92 Å². The van der Waals surface area contributed by atoms with Crippen molar-refractivity contribution < 1.29 is 9.53 Å². The number of rotatable bonds is 3. The van der Waals surface area contributed by atoms with Crippen LogP contribution in [0.5, 0.6) is 0 Å². The Morgan fingerprint density at radius 3 is 2.77 bits per heavy atom. The lowest BCUT2D eigenvalue weighted by molar-refractivity contribution is -0.145. The minimum absolute atomic E-state index is 0.190. The van der Waals surface area contributed by atoms with Gasteiger partial charge in [0.05, 0.1) is 6.54 Å². The van der Waals surface area contributed by atoms with Gasteiger partial charge in [-0.1, -0.05) is 0 Å². The van der Waals surface area contributed by atoms with E-state index >= 15 is 0 Å². The second-order valence-corrected chi connectivity index (χ2v) is 3.84. The van der Waals surface area contributed by atoms with E-state index in [0.29, 0.717) is 6.54 Å². The highest BCUT2D eigenvalue weighted by Gasteiger charge is 2.14. The maximum absolute atomic E-state index is 11.2. The monoisotopic (exact) mass is 204 g/mol. The van der Waals surface area contributed by atoms with Crippen molar-refractivity contribution >= 4 is 18.6 Å². The first-order chi connectivity index (χ1) is 6.18. The van der Waals surface area contributed by atoms with E-state index in [4.69, 9.17) is 4.74 Å². The first kappa shape index (κ1) is 10.8. The highest BCUT2D eigenvalue weighted by molar-refractivity contribution is 7.80. The fourth-order valence-corrected chi connectivity index (χ4v) is 1.40. The molecule has 0 saturated carbocycles. The zero-order valence-electron chi connectivity index (χ0n) is 7.82. The zero-order chi connectivity index (χ0) is 9.68. The van der Waals surface area contributed by atoms with Crippen molar-refractivity contribution in [1.82, 2.24) is 10.2 Å². The number of ether oxygens (including phenoxy) is 1. The normalized spacial score (nSPS) is 21.1. The molecule has 0 aromatic carbocycles.